The second kappa shape index (κ2) is 5.94. The van der Waals surface area contributed by atoms with E-state index in [9.17, 15) is 21.6 Å². The zero-order valence-electron chi connectivity index (χ0n) is 12.0. The molecule has 0 saturated heterocycles. The Morgan fingerprint density at radius 1 is 1.24 bits per heavy atom. The first kappa shape index (κ1) is 17.9. The molecule has 0 radical (unpaired) electrons. The Bertz CT molecular complexity index is 610. The first-order valence-electron chi connectivity index (χ1n) is 6.18. The Morgan fingerprint density at radius 3 is 2.29 bits per heavy atom. The summed E-state index contributed by atoms with van der Waals surface area (Å²) < 4.78 is 64.9. The summed E-state index contributed by atoms with van der Waals surface area (Å²) in [4.78, 5) is -0.411. The monoisotopic (exact) mass is 325 g/mol. The van der Waals surface area contributed by atoms with Crippen molar-refractivity contribution in [1.29, 1.82) is 0 Å². The summed E-state index contributed by atoms with van der Waals surface area (Å²) in [5.41, 5.74) is -2.03. The van der Waals surface area contributed by atoms with Crippen LogP contribution in [-0.4, -0.2) is 26.7 Å². The lowest BCUT2D eigenvalue weighted by Crippen LogP contribution is -2.36. The number of aliphatic hydroxyl groups is 1. The van der Waals surface area contributed by atoms with E-state index in [-0.39, 0.29) is 18.7 Å². The molecule has 0 bridgehead atoms. The minimum absolute atomic E-state index is 0.0818. The third-order valence-corrected chi connectivity index (χ3v) is 4.59. The average molecular weight is 325 g/mol. The van der Waals surface area contributed by atoms with Gasteiger partial charge in [-0.1, -0.05) is 19.9 Å². The Labute approximate surface area is 122 Å². The quantitative estimate of drug-likeness (QED) is 0.873. The molecule has 0 aliphatic heterocycles. The van der Waals surface area contributed by atoms with Crippen LogP contribution in [0.3, 0.4) is 0 Å². The fourth-order valence-corrected chi connectivity index (χ4v) is 3.14. The van der Waals surface area contributed by atoms with E-state index < -0.39 is 32.1 Å². The van der Waals surface area contributed by atoms with Crippen LogP contribution in [0.1, 0.15) is 25.0 Å². The zero-order chi connectivity index (χ0) is 16.5. The van der Waals surface area contributed by atoms with Gasteiger partial charge in [0.05, 0.1) is 10.5 Å². The van der Waals surface area contributed by atoms with E-state index in [1.54, 1.807) is 13.8 Å². The van der Waals surface area contributed by atoms with Gasteiger partial charge >= 0.3 is 6.18 Å². The van der Waals surface area contributed by atoms with Gasteiger partial charge in [0.25, 0.3) is 0 Å². The highest BCUT2D eigenvalue weighted by Crippen LogP contribution is 2.34. The van der Waals surface area contributed by atoms with Crippen molar-refractivity contribution in [3.05, 3.63) is 29.3 Å². The van der Waals surface area contributed by atoms with Crippen molar-refractivity contribution >= 4 is 10.0 Å². The second-order valence-corrected chi connectivity index (χ2v) is 7.31. The molecule has 0 unspecified atom stereocenters. The molecule has 8 heteroatoms. The molecule has 0 aliphatic carbocycles. The maximum absolute atomic E-state index is 12.8. The minimum atomic E-state index is -4.61. The van der Waals surface area contributed by atoms with E-state index in [2.05, 4.69) is 4.72 Å². The summed E-state index contributed by atoms with van der Waals surface area (Å²) in [5.74, 6) is 0. The van der Waals surface area contributed by atoms with Crippen molar-refractivity contribution in [3.8, 4) is 0 Å². The third kappa shape index (κ3) is 4.42. The molecule has 1 aromatic carbocycles. The molecule has 0 spiro atoms. The zero-order valence-corrected chi connectivity index (χ0v) is 12.8. The predicted molar refractivity (Wildman–Crippen MR) is 72.2 cm³/mol. The third-order valence-electron chi connectivity index (χ3n) is 3.05. The molecule has 0 aliphatic rings. The van der Waals surface area contributed by atoms with Gasteiger partial charge in [-0.05, 0) is 24.6 Å². The van der Waals surface area contributed by atoms with Crippen LogP contribution in [0, 0.1) is 12.3 Å². The number of hydrogen-bond donors (Lipinski definition) is 2. The summed E-state index contributed by atoms with van der Waals surface area (Å²) >= 11 is 0. The van der Waals surface area contributed by atoms with Gasteiger partial charge in [0, 0.05) is 18.6 Å². The molecular formula is C13H18F3NO3S. The van der Waals surface area contributed by atoms with Crippen LogP contribution in [0.15, 0.2) is 23.1 Å². The maximum atomic E-state index is 12.8. The minimum Gasteiger partial charge on any atom is -0.396 e. The predicted octanol–water partition coefficient (Wildman–Crippen LogP) is 2.31. The molecule has 120 valence electrons. The molecule has 4 nitrogen and oxygen atoms in total. The SMILES string of the molecule is Cc1c(C(F)(F)F)cccc1S(=O)(=O)NCC(C)(C)CO. The van der Waals surface area contributed by atoms with Crippen molar-refractivity contribution in [1.82, 2.24) is 4.72 Å². The first-order chi connectivity index (χ1) is 9.41. The topological polar surface area (TPSA) is 66.4 Å². The molecule has 1 rings (SSSR count). The van der Waals surface area contributed by atoms with E-state index in [4.69, 9.17) is 5.11 Å². The van der Waals surface area contributed by atoms with Gasteiger partial charge in [-0.3, -0.25) is 0 Å². The van der Waals surface area contributed by atoms with Crippen LogP contribution in [0.5, 0.6) is 0 Å². The van der Waals surface area contributed by atoms with E-state index in [0.717, 1.165) is 25.1 Å². The lowest BCUT2D eigenvalue weighted by molar-refractivity contribution is -0.138. The van der Waals surface area contributed by atoms with E-state index in [1.165, 1.54) is 0 Å². The number of nitrogens with one attached hydrogen (secondary N) is 1. The standard InChI is InChI=1S/C13H18F3NO3S/c1-9-10(13(14,15)16)5-4-6-11(9)21(19,20)17-7-12(2,3)8-18/h4-6,17-18H,7-8H2,1-3H3. The van der Waals surface area contributed by atoms with Gasteiger partial charge in [-0.15, -0.1) is 0 Å². The lowest BCUT2D eigenvalue weighted by Gasteiger charge is -2.22. The molecule has 1 aromatic rings. The fraction of sp³-hybridized carbons (Fsp3) is 0.538. The maximum Gasteiger partial charge on any atom is 0.416 e. The van der Waals surface area contributed by atoms with Crippen LogP contribution in [0.25, 0.3) is 0 Å². The van der Waals surface area contributed by atoms with Crippen LogP contribution < -0.4 is 4.72 Å². The lowest BCUT2D eigenvalue weighted by atomic mass is 9.96. The van der Waals surface area contributed by atoms with Crippen molar-refractivity contribution in [2.24, 2.45) is 5.41 Å². The van der Waals surface area contributed by atoms with Crippen molar-refractivity contribution in [2.45, 2.75) is 31.8 Å². The van der Waals surface area contributed by atoms with E-state index in [0.29, 0.717) is 0 Å². The molecule has 0 heterocycles. The molecular weight excluding hydrogens is 307 g/mol. The molecule has 0 saturated carbocycles. The van der Waals surface area contributed by atoms with Gasteiger partial charge in [-0.25, -0.2) is 13.1 Å². The summed E-state index contributed by atoms with van der Waals surface area (Å²) in [5, 5.41) is 9.08. The summed E-state index contributed by atoms with van der Waals surface area (Å²) in [6.45, 7) is 4.05. The van der Waals surface area contributed by atoms with Crippen LogP contribution in [-0.2, 0) is 16.2 Å². The van der Waals surface area contributed by atoms with E-state index >= 15 is 0 Å². The number of halogens is 3. The fourth-order valence-electron chi connectivity index (χ4n) is 1.64. The normalized spacial score (nSPS) is 13.5. The largest absolute Gasteiger partial charge is 0.416 e. The van der Waals surface area contributed by atoms with Gasteiger partial charge in [0.2, 0.25) is 10.0 Å². The Morgan fingerprint density at radius 2 is 1.81 bits per heavy atom. The molecule has 0 fully saturated rings. The summed E-state index contributed by atoms with van der Waals surface area (Å²) in [6.07, 6.45) is -4.61. The van der Waals surface area contributed by atoms with Crippen molar-refractivity contribution < 1.29 is 26.7 Å². The van der Waals surface area contributed by atoms with Crippen molar-refractivity contribution in [2.75, 3.05) is 13.2 Å². The van der Waals surface area contributed by atoms with Crippen LogP contribution in [0.2, 0.25) is 0 Å². The highest BCUT2D eigenvalue weighted by atomic mass is 32.2. The average Bonchev–Trinajstić information content (AvgIpc) is 2.35. The van der Waals surface area contributed by atoms with Gasteiger partial charge in [-0.2, -0.15) is 13.2 Å². The van der Waals surface area contributed by atoms with Crippen LogP contribution in [0.4, 0.5) is 13.2 Å². The van der Waals surface area contributed by atoms with Crippen molar-refractivity contribution in [3.63, 3.8) is 0 Å². The molecule has 2 N–H and O–H groups in total. The summed E-state index contributed by atoms with van der Waals surface area (Å²) in [6, 6.07) is 3.02. The highest BCUT2D eigenvalue weighted by molar-refractivity contribution is 7.89. The molecule has 21 heavy (non-hydrogen) atoms. The van der Waals surface area contributed by atoms with E-state index in [1.807, 2.05) is 0 Å². The second-order valence-electron chi connectivity index (χ2n) is 5.57. The number of benzene rings is 1. The highest BCUT2D eigenvalue weighted by Gasteiger charge is 2.34. The number of sulfonamides is 1. The number of rotatable bonds is 5. The molecule has 0 amide bonds. The van der Waals surface area contributed by atoms with Gasteiger partial charge in [0.1, 0.15) is 0 Å². The van der Waals surface area contributed by atoms with Crippen LogP contribution >= 0.6 is 0 Å². The number of hydrogen-bond acceptors (Lipinski definition) is 3. The Hall–Kier alpha value is -1.12. The van der Waals surface area contributed by atoms with Gasteiger partial charge in [0.15, 0.2) is 0 Å². The Kier molecular flexibility index (Phi) is 5.07. The smallest absolute Gasteiger partial charge is 0.396 e. The summed E-state index contributed by atoms with van der Waals surface area (Å²) in [7, 11) is -4.08. The number of aliphatic hydroxyl groups excluding tert-OH is 1. The Balaban J connectivity index is 3.16. The first-order valence-corrected chi connectivity index (χ1v) is 7.66. The molecule has 0 aromatic heterocycles. The number of alkyl halides is 3. The van der Waals surface area contributed by atoms with Gasteiger partial charge < -0.3 is 5.11 Å². The molecule has 0 atom stereocenters.